The number of Topliss-reactive ketones (excluding diaryl/α,β-unsaturated/α-hetero) is 1. The molecule has 2 rings (SSSR count). The van der Waals surface area contributed by atoms with Crippen LogP contribution < -0.4 is 4.74 Å². The van der Waals surface area contributed by atoms with Gasteiger partial charge >= 0.3 is 5.69 Å². The van der Waals surface area contributed by atoms with Crippen LogP contribution in [0.1, 0.15) is 17.3 Å². The second-order valence-corrected chi connectivity index (χ2v) is 3.04. The van der Waals surface area contributed by atoms with Gasteiger partial charge < -0.3 is 4.74 Å². The van der Waals surface area contributed by atoms with Crippen molar-refractivity contribution in [3.63, 3.8) is 0 Å². The molecule has 0 radical (unpaired) electrons. The van der Waals surface area contributed by atoms with Gasteiger partial charge in [0.25, 0.3) is 0 Å². The SMILES string of the molecule is CC1Oc2c(cccc2[N+](=O)[O-])C1=O. The third-order valence-corrected chi connectivity index (χ3v) is 2.12. The van der Waals surface area contributed by atoms with E-state index in [0.29, 0.717) is 5.56 Å². The predicted octanol–water partition coefficient (Wildman–Crippen LogP) is 1.56. The molecular weight excluding hydrogens is 186 g/mol. The molecule has 5 nitrogen and oxygen atoms in total. The first-order chi connectivity index (χ1) is 6.61. The van der Waals surface area contributed by atoms with Gasteiger partial charge in [0.05, 0.1) is 10.5 Å². The van der Waals surface area contributed by atoms with E-state index in [2.05, 4.69) is 0 Å². The van der Waals surface area contributed by atoms with Gasteiger partial charge in [0.1, 0.15) is 0 Å². The number of ketones is 1. The number of hydrogen-bond acceptors (Lipinski definition) is 4. The number of rotatable bonds is 1. The first-order valence-electron chi connectivity index (χ1n) is 4.09. The second-order valence-electron chi connectivity index (χ2n) is 3.04. The molecule has 1 aromatic carbocycles. The molecule has 0 saturated heterocycles. The summed E-state index contributed by atoms with van der Waals surface area (Å²) in [6.07, 6.45) is -0.619. The summed E-state index contributed by atoms with van der Waals surface area (Å²) >= 11 is 0. The van der Waals surface area contributed by atoms with Crippen LogP contribution in [0.3, 0.4) is 0 Å². The number of nitro benzene ring substituents is 1. The molecule has 1 unspecified atom stereocenters. The van der Waals surface area contributed by atoms with Crippen molar-refractivity contribution in [3.05, 3.63) is 33.9 Å². The number of hydrogen-bond donors (Lipinski definition) is 0. The Morgan fingerprint density at radius 3 is 2.86 bits per heavy atom. The van der Waals surface area contributed by atoms with Crippen LogP contribution in [0, 0.1) is 10.1 Å². The molecule has 72 valence electrons. The molecule has 5 heteroatoms. The highest BCUT2D eigenvalue weighted by atomic mass is 16.6. The monoisotopic (exact) mass is 193 g/mol. The smallest absolute Gasteiger partial charge is 0.311 e. The fourth-order valence-electron chi connectivity index (χ4n) is 1.44. The number of carbonyl (C=O) groups is 1. The van der Waals surface area contributed by atoms with E-state index in [1.54, 1.807) is 6.92 Å². The Labute approximate surface area is 79.4 Å². The van der Waals surface area contributed by atoms with Crippen LogP contribution in [0.15, 0.2) is 18.2 Å². The number of fused-ring (bicyclic) bond motifs is 1. The summed E-state index contributed by atoms with van der Waals surface area (Å²) in [5.41, 5.74) is 0.145. The van der Waals surface area contributed by atoms with E-state index in [4.69, 9.17) is 4.74 Å². The molecular formula is C9H7NO4. The molecule has 0 aliphatic carbocycles. The maximum Gasteiger partial charge on any atom is 0.311 e. The highest BCUT2D eigenvalue weighted by Crippen LogP contribution is 2.36. The van der Waals surface area contributed by atoms with Crippen LogP contribution in [0.4, 0.5) is 5.69 Å². The summed E-state index contributed by atoms with van der Waals surface area (Å²) in [7, 11) is 0. The standard InChI is InChI=1S/C9H7NO4/c1-5-8(11)6-3-2-4-7(10(12)13)9(6)14-5/h2-5H,1H3. The molecule has 1 aliphatic heterocycles. The van der Waals surface area contributed by atoms with Gasteiger partial charge in [-0.05, 0) is 13.0 Å². The Kier molecular flexibility index (Phi) is 1.73. The molecule has 0 N–H and O–H groups in total. The van der Waals surface area contributed by atoms with E-state index in [1.807, 2.05) is 0 Å². The first kappa shape index (κ1) is 8.68. The summed E-state index contributed by atoms with van der Waals surface area (Å²) in [5.74, 6) is -0.112. The van der Waals surface area contributed by atoms with Crippen LogP contribution in [0.2, 0.25) is 0 Å². The maximum atomic E-state index is 11.4. The van der Waals surface area contributed by atoms with Crippen LogP contribution in [0.5, 0.6) is 5.75 Å². The van der Waals surface area contributed by atoms with E-state index < -0.39 is 11.0 Å². The van der Waals surface area contributed by atoms with E-state index >= 15 is 0 Å². The van der Waals surface area contributed by atoms with Crippen molar-refractivity contribution < 1.29 is 14.5 Å². The Morgan fingerprint density at radius 1 is 1.50 bits per heavy atom. The van der Waals surface area contributed by atoms with Gasteiger partial charge in [0.15, 0.2) is 6.10 Å². The van der Waals surface area contributed by atoms with Crippen molar-refractivity contribution in [2.24, 2.45) is 0 Å². The molecule has 1 aliphatic rings. The predicted molar refractivity (Wildman–Crippen MR) is 47.5 cm³/mol. The number of carbonyl (C=O) groups excluding carboxylic acids is 1. The molecule has 0 spiro atoms. The first-order valence-corrected chi connectivity index (χ1v) is 4.09. The van der Waals surface area contributed by atoms with Gasteiger partial charge in [0.2, 0.25) is 11.5 Å². The van der Waals surface area contributed by atoms with Crippen molar-refractivity contribution in [2.75, 3.05) is 0 Å². The van der Waals surface area contributed by atoms with E-state index in [0.717, 1.165) is 0 Å². The Morgan fingerprint density at radius 2 is 2.21 bits per heavy atom. The fraction of sp³-hybridized carbons (Fsp3) is 0.222. The molecule has 14 heavy (non-hydrogen) atoms. The average Bonchev–Trinajstić information content (AvgIpc) is 2.43. The molecule has 1 atom stereocenters. The Bertz CT molecular complexity index is 427. The minimum absolute atomic E-state index is 0.0926. The fourth-order valence-corrected chi connectivity index (χ4v) is 1.44. The molecule has 0 fully saturated rings. The van der Waals surface area contributed by atoms with Crippen LogP contribution in [0.25, 0.3) is 0 Å². The number of nitro groups is 1. The highest BCUT2D eigenvalue weighted by molar-refractivity contribution is 6.05. The van der Waals surface area contributed by atoms with Crippen molar-refractivity contribution in [1.82, 2.24) is 0 Å². The van der Waals surface area contributed by atoms with Crippen molar-refractivity contribution in [3.8, 4) is 5.75 Å². The summed E-state index contributed by atoms with van der Waals surface area (Å²) in [6, 6.07) is 4.34. The summed E-state index contributed by atoms with van der Waals surface area (Å²) in [6.45, 7) is 1.58. The van der Waals surface area contributed by atoms with Gasteiger partial charge in [-0.2, -0.15) is 0 Å². The largest absolute Gasteiger partial charge is 0.475 e. The third kappa shape index (κ3) is 1.06. The minimum Gasteiger partial charge on any atom is -0.475 e. The van der Waals surface area contributed by atoms with Crippen LogP contribution >= 0.6 is 0 Å². The van der Waals surface area contributed by atoms with Gasteiger partial charge in [-0.15, -0.1) is 0 Å². The molecule has 0 bridgehead atoms. The lowest BCUT2D eigenvalue weighted by Gasteiger charge is -2.00. The quantitative estimate of drug-likeness (QED) is 0.501. The van der Waals surface area contributed by atoms with E-state index in [-0.39, 0.29) is 17.2 Å². The molecule has 0 aromatic heterocycles. The lowest BCUT2D eigenvalue weighted by molar-refractivity contribution is -0.385. The van der Waals surface area contributed by atoms with Gasteiger partial charge in [-0.1, -0.05) is 6.07 Å². The highest BCUT2D eigenvalue weighted by Gasteiger charge is 2.34. The third-order valence-electron chi connectivity index (χ3n) is 2.12. The van der Waals surface area contributed by atoms with Crippen molar-refractivity contribution in [1.29, 1.82) is 0 Å². The van der Waals surface area contributed by atoms with Crippen LogP contribution in [-0.2, 0) is 0 Å². The lowest BCUT2D eigenvalue weighted by atomic mass is 10.1. The Hall–Kier alpha value is -1.91. The zero-order valence-electron chi connectivity index (χ0n) is 7.39. The number of nitrogens with zero attached hydrogens (tertiary/aromatic N) is 1. The minimum atomic E-state index is -0.619. The zero-order valence-corrected chi connectivity index (χ0v) is 7.39. The normalized spacial score (nSPS) is 18.9. The van der Waals surface area contributed by atoms with Crippen LogP contribution in [-0.4, -0.2) is 16.8 Å². The average molecular weight is 193 g/mol. The summed E-state index contributed by atoms with van der Waals surface area (Å²) < 4.78 is 5.12. The second kappa shape index (κ2) is 2.80. The van der Waals surface area contributed by atoms with E-state index in [1.165, 1.54) is 18.2 Å². The Balaban J connectivity index is 2.61. The molecule has 0 saturated carbocycles. The number of ether oxygens (including phenoxy) is 1. The summed E-state index contributed by atoms with van der Waals surface area (Å²) in [4.78, 5) is 21.5. The topological polar surface area (TPSA) is 69.4 Å². The van der Waals surface area contributed by atoms with Gasteiger partial charge in [-0.3, -0.25) is 14.9 Å². The van der Waals surface area contributed by atoms with Gasteiger partial charge in [0, 0.05) is 6.07 Å². The molecule has 1 heterocycles. The van der Waals surface area contributed by atoms with E-state index in [9.17, 15) is 14.9 Å². The van der Waals surface area contributed by atoms with Gasteiger partial charge in [-0.25, -0.2) is 0 Å². The zero-order chi connectivity index (χ0) is 10.3. The van der Waals surface area contributed by atoms with Crippen molar-refractivity contribution in [2.45, 2.75) is 13.0 Å². The maximum absolute atomic E-state index is 11.4. The number of para-hydroxylation sites is 1. The summed E-state index contributed by atoms with van der Waals surface area (Å²) in [5, 5.41) is 10.6. The van der Waals surface area contributed by atoms with Crippen molar-refractivity contribution >= 4 is 11.5 Å². The molecule has 1 aromatic rings. The lowest BCUT2D eigenvalue weighted by Crippen LogP contribution is -2.14. The molecule has 0 amide bonds. The number of benzene rings is 1.